The minimum Gasteiger partial charge on any atom is -0.506 e. The van der Waals surface area contributed by atoms with Crippen molar-refractivity contribution in [3.8, 4) is 5.75 Å². The van der Waals surface area contributed by atoms with E-state index in [1.807, 2.05) is 0 Å². The highest BCUT2D eigenvalue weighted by Gasteiger charge is 2.07. The molecule has 7 heteroatoms. The zero-order valence-corrected chi connectivity index (χ0v) is 10.2. The second kappa shape index (κ2) is 5.62. The predicted octanol–water partition coefficient (Wildman–Crippen LogP) is -0.0483. The fourth-order valence-electron chi connectivity index (χ4n) is 1.19. The Morgan fingerprint density at radius 1 is 1.47 bits per heavy atom. The zero-order valence-electron chi connectivity index (χ0n) is 9.38. The van der Waals surface area contributed by atoms with Gasteiger partial charge in [-0.1, -0.05) is 0 Å². The third-order valence-electron chi connectivity index (χ3n) is 1.96. The summed E-state index contributed by atoms with van der Waals surface area (Å²) in [6.07, 6.45) is 4.05. The molecule has 0 aliphatic heterocycles. The Morgan fingerprint density at radius 2 is 2.18 bits per heavy atom. The van der Waals surface area contributed by atoms with E-state index < -0.39 is 9.84 Å². The molecule has 0 bridgehead atoms. The molecular weight excluding hydrogens is 244 g/mol. The molecular formula is C10H14N2O4S. The van der Waals surface area contributed by atoms with Crippen molar-refractivity contribution in [2.75, 3.05) is 18.6 Å². The molecule has 1 amide bonds. The normalized spacial score (nSPS) is 11.1. The first kappa shape index (κ1) is 13.4. The molecule has 0 radical (unpaired) electrons. The number of sulfone groups is 1. The topological polar surface area (TPSA) is 96.4 Å². The van der Waals surface area contributed by atoms with Crippen LogP contribution in [0.25, 0.3) is 0 Å². The molecule has 2 N–H and O–H groups in total. The van der Waals surface area contributed by atoms with Gasteiger partial charge < -0.3 is 10.4 Å². The lowest BCUT2D eigenvalue weighted by Crippen LogP contribution is -2.25. The largest absolute Gasteiger partial charge is 0.506 e. The molecule has 1 heterocycles. The molecule has 0 spiro atoms. The molecule has 0 fully saturated rings. The van der Waals surface area contributed by atoms with Crippen LogP contribution >= 0.6 is 0 Å². The molecule has 6 nitrogen and oxygen atoms in total. The lowest BCUT2D eigenvalue weighted by atomic mass is 10.2. The number of carbonyl (C=O) groups excluding carboxylic acids is 1. The van der Waals surface area contributed by atoms with Gasteiger partial charge in [-0.15, -0.1) is 0 Å². The van der Waals surface area contributed by atoms with Gasteiger partial charge in [0.2, 0.25) is 0 Å². The molecule has 1 aromatic rings. The van der Waals surface area contributed by atoms with Gasteiger partial charge in [-0.2, -0.15) is 0 Å². The van der Waals surface area contributed by atoms with Crippen LogP contribution in [0, 0.1) is 0 Å². The van der Waals surface area contributed by atoms with Crippen LogP contribution in [0.4, 0.5) is 0 Å². The van der Waals surface area contributed by atoms with E-state index in [1.54, 1.807) is 0 Å². The summed E-state index contributed by atoms with van der Waals surface area (Å²) in [7, 11) is -3.00. The summed E-state index contributed by atoms with van der Waals surface area (Å²) >= 11 is 0. The van der Waals surface area contributed by atoms with Crippen LogP contribution in [0.5, 0.6) is 5.75 Å². The number of amides is 1. The maximum atomic E-state index is 11.5. The van der Waals surface area contributed by atoms with E-state index in [-0.39, 0.29) is 29.5 Å². The van der Waals surface area contributed by atoms with Crippen LogP contribution in [0.1, 0.15) is 16.8 Å². The quantitative estimate of drug-likeness (QED) is 0.722. The standard InChI is InChI=1S/C10H14N2O4S/c1-17(15,16)4-2-3-12-10(14)8-5-9(13)7-11-6-8/h5-7,13H,2-4H2,1H3,(H,12,14). The van der Waals surface area contributed by atoms with Crippen molar-refractivity contribution in [1.82, 2.24) is 10.3 Å². The Hall–Kier alpha value is -1.63. The number of pyridine rings is 1. The summed E-state index contributed by atoms with van der Waals surface area (Å²) in [4.78, 5) is 15.2. The summed E-state index contributed by atoms with van der Waals surface area (Å²) in [5.41, 5.74) is 0.240. The van der Waals surface area contributed by atoms with Gasteiger partial charge in [0.25, 0.3) is 5.91 Å². The minimum atomic E-state index is -3.00. The van der Waals surface area contributed by atoms with Crippen molar-refractivity contribution in [2.24, 2.45) is 0 Å². The summed E-state index contributed by atoms with van der Waals surface area (Å²) in [5.74, 6) is -0.443. The third kappa shape index (κ3) is 5.30. The van der Waals surface area contributed by atoms with Gasteiger partial charge >= 0.3 is 0 Å². The molecule has 1 aromatic heterocycles. The minimum absolute atomic E-state index is 0.0333. The number of hydrogen-bond donors (Lipinski definition) is 2. The van der Waals surface area contributed by atoms with Gasteiger partial charge in [0.05, 0.1) is 17.5 Å². The number of nitrogens with zero attached hydrogens (tertiary/aromatic N) is 1. The molecule has 0 aliphatic carbocycles. The highest BCUT2D eigenvalue weighted by atomic mass is 32.2. The maximum Gasteiger partial charge on any atom is 0.252 e. The van der Waals surface area contributed by atoms with Crippen molar-refractivity contribution in [3.05, 3.63) is 24.0 Å². The third-order valence-corrected chi connectivity index (χ3v) is 2.99. The number of nitrogens with one attached hydrogen (secondary N) is 1. The fraction of sp³-hybridized carbons (Fsp3) is 0.400. The molecule has 17 heavy (non-hydrogen) atoms. The SMILES string of the molecule is CS(=O)(=O)CCCNC(=O)c1cncc(O)c1. The second-order valence-electron chi connectivity index (χ2n) is 3.67. The van der Waals surface area contributed by atoms with E-state index in [0.717, 1.165) is 6.26 Å². The predicted molar refractivity (Wildman–Crippen MR) is 62.6 cm³/mol. The molecule has 94 valence electrons. The highest BCUT2D eigenvalue weighted by Crippen LogP contribution is 2.07. The molecule has 1 rings (SSSR count). The number of aromatic hydroxyl groups is 1. The second-order valence-corrected chi connectivity index (χ2v) is 5.93. The van der Waals surface area contributed by atoms with E-state index >= 15 is 0 Å². The van der Waals surface area contributed by atoms with Crippen molar-refractivity contribution in [3.63, 3.8) is 0 Å². The van der Waals surface area contributed by atoms with Gasteiger partial charge in [-0.05, 0) is 12.5 Å². The summed E-state index contributed by atoms with van der Waals surface area (Å²) in [6, 6.07) is 1.29. The van der Waals surface area contributed by atoms with E-state index in [0.29, 0.717) is 6.42 Å². The molecule has 0 saturated carbocycles. The van der Waals surface area contributed by atoms with Crippen LogP contribution in [0.3, 0.4) is 0 Å². The van der Waals surface area contributed by atoms with Crippen molar-refractivity contribution >= 4 is 15.7 Å². The first-order chi connectivity index (χ1) is 7.88. The average molecular weight is 258 g/mol. The van der Waals surface area contributed by atoms with Crippen LogP contribution in [0.2, 0.25) is 0 Å². The lowest BCUT2D eigenvalue weighted by Gasteiger charge is -2.04. The van der Waals surface area contributed by atoms with E-state index in [9.17, 15) is 13.2 Å². The first-order valence-corrected chi connectivity index (χ1v) is 7.04. The monoisotopic (exact) mass is 258 g/mol. The van der Waals surface area contributed by atoms with Crippen LogP contribution < -0.4 is 5.32 Å². The van der Waals surface area contributed by atoms with Gasteiger partial charge in [0, 0.05) is 19.0 Å². The van der Waals surface area contributed by atoms with Gasteiger partial charge in [0.15, 0.2) is 0 Å². The summed E-state index contributed by atoms with van der Waals surface area (Å²) < 4.78 is 21.7. The zero-order chi connectivity index (χ0) is 12.9. The maximum absolute atomic E-state index is 11.5. The fourth-order valence-corrected chi connectivity index (χ4v) is 1.86. The number of hydrogen-bond acceptors (Lipinski definition) is 5. The summed E-state index contributed by atoms with van der Waals surface area (Å²) in [6.45, 7) is 0.265. The first-order valence-electron chi connectivity index (χ1n) is 4.98. The lowest BCUT2D eigenvalue weighted by molar-refractivity contribution is 0.0953. The number of rotatable bonds is 5. The molecule has 0 aliphatic rings. The van der Waals surface area contributed by atoms with Crippen molar-refractivity contribution < 1.29 is 18.3 Å². The van der Waals surface area contributed by atoms with Crippen LogP contribution in [0.15, 0.2) is 18.5 Å². The summed E-state index contributed by atoms with van der Waals surface area (Å²) in [5, 5.41) is 11.7. The van der Waals surface area contributed by atoms with Gasteiger partial charge in [0.1, 0.15) is 15.6 Å². The van der Waals surface area contributed by atoms with E-state index in [2.05, 4.69) is 10.3 Å². The Balaban J connectivity index is 2.41. The average Bonchev–Trinajstić information content (AvgIpc) is 2.23. The van der Waals surface area contributed by atoms with Crippen LogP contribution in [-0.4, -0.2) is 43.0 Å². The van der Waals surface area contributed by atoms with Crippen molar-refractivity contribution in [2.45, 2.75) is 6.42 Å². The number of carbonyl (C=O) groups is 1. The van der Waals surface area contributed by atoms with E-state index in [4.69, 9.17) is 5.11 Å². The smallest absolute Gasteiger partial charge is 0.252 e. The Bertz CT molecular complexity index is 499. The Labute approximate surface area is 99.6 Å². The molecule has 0 aromatic carbocycles. The Morgan fingerprint density at radius 3 is 2.76 bits per heavy atom. The Kier molecular flexibility index (Phi) is 4.45. The number of aromatic nitrogens is 1. The molecule has 0 atom stereocenters. The molecule has 0 saturated heterocycles. The van der Waals surface area contributed by atoms with Gasteiger partial charge in [-0.25, -0.2) is 8.42 Å². The highest BCUT2D eigenvalue weighted by molar-refractivity contribution is 7.90. The van der Waals surface area contributed by atoms with E-state index in [1.165, 1.54) is 18.5 Å². The van der Waals surface area contributed by atoms with Crippen molar-refractivity contribution in [1.29, 1.82) is 0 Å². The van der Waals surface area contributed by atoms with Crippen LogP contribution in [-0.2, 0) is 9.84 Å². The van der Waals surface area contributed by atoms with Gasteiger partial charge in [-0.3, -0.25) is 9.78 Å². The molecule has 0 unspecified atom stereocenters.